The van der Waals surface area contributed by atoms with Crippen LogP contribution in [0.5, 0.6) is 0 Å². The first-order chi connectivity index (χ1) is 7.83. The van der Waals surface area contributed by atoms with Crippen LogP contribution in [0, 0.1) is 0 Å². The van der Waals surface area contributed by atoms with Crippen molar-refractivity contribution in [1.29, 1.82) is 0 Å². The normalized spacial score (nSPS) is 18.9. The maximum Gasteiger partial charge on any atom is 0.203 e. The zero-order chi connectivity index (χ0) is 11.0. The van der Waals surface area contributed by atoms with Crippen molar-refractivity contribution in [3.63, 3.8) is 0 Å². The lowest BCUT2D eigenvalue weighted by molar-refractivity contribution is 0.552. The van der Waals surface area contributed by atoms with Crippen LogP contribution >= 0.6 is 0 Å². The average molecular weight is 213 g/mol. The quantitative estimate of drug-likeness (QED) is 0.789. The molecule has 1 unspecified atom stereocenters. The van der Waals surface area contributed by atoms with Crippen molar-refractivity contribution in [3.05, 3.63) is 36.5 Å². The Kier molecular flexibility index (Phi) is 2.17. The van der Waals surface area contributed by atoms with Gasteiger partial charge in [0.25, 0.3) is 0 Å². The van der Waals surface area contributed by atoms with Crippen LogP contribution in [-0.2, 0) is 6.54 Å². The van der Waals surface area contributed by atoms with Crippen LogP contribution in [0.4, 0.5) is 5.95 Å². The maximum absolute atomic E-state index is 4.62. The van der Waals surface area contributed by atoms with Gasteiger partial charge in [-0.25, -0.2) is 4.98 Å². The molecule has 1 aliphatic heterocycles. The van der Waals surface area contributed by atoms with Crippen molar-refractivity contribution >= 4 is 5.95 Å². The first kappa shape index (κ1) is 9.46. The fourth-order valence-corrected chi connectivity index (χ4v) is 2.07. The van der Waals surface area contributed by atoms with E-state index in [2.05, 4.69) is 40.1 Å². The van der Waals surface area contributed by atoms with Crippen LogP contribution in [0.1, 0.15) is 13.3 Å². The number of benzene rings is 1. The molecule has 0 amide bonds. The van der Waals surface area contributed by atoms with Crippen molar-refractivity contribution < 1.29 is 0 Å². The molecule has 3 heteroatoms. The second kappa shape index (κ2) is 3.67. The molecule has 2 heterocycles. The number of aryl methyl sites for hydroxylation is 1. The van der Waals surface area contributed by atoms with E-state index in [9.17, 15) is 0 Å². The SMILES string of the molecule is CC1CCn2cc(-c3ccccc3)nc2N1. The highest BCUT2D eigenvalue weighted by molar-refractivity contribution is 5.60. The van der Waals surface area contributed by atoms with Gasteiger partial charge >= 0.3 is 0 Å². The lowest BCUT2D eigenvalue weighted by Gasteiger charge is -2.21. The molecule has 82 valence electrons. The Morgan fingerprint density at radius 3 is 2.94 bits per heavy atom. The molecule has 0 saturated carbocycles. The van der Waals surface area contributed by atoms with Gasteiger partial charge in [-0.3, -0.25) is 0 Å². The second-order valence-electron chi connectivity index (χ2n) is 4.34. The third-order valence-corrected chi connectivity index (χ3v) is 3.02. The number of fused-ring (bicyclic) bond motifs is 1. The molecule has 16 heavy (non-hydrogen) atoms. The third-order valence-electron chi connectivity index (χ3n) is 3.02. The number of nitrogens with zero attached hydrogens (tertiary/aromatic N) is 2. The number of rotatable bonds is 1. The first-order valence-electron chi connectivity index (χ1n) is 5.72. The number of hydrogen-bond acceptors (Lipinski definition) is 2. The number of imidazole rings is 1. The molecule has 1 atom stereocenters. The summed E-state index contributed by atoms with van der Waals surface area (Å²) in [6, 6.07) is 10.8. The molecule has 1 N–H and O–H groups in total. The van der Waals surface area contributed by atoms with Gasteiger partial charge in [-0.05, 0) is 13.3 Å². The Hall–Kier alpha value is -1.77. The van der Waals surface area contributed by atoms with Gasteiger partial charge in [0, 0.05) is 24.3 Å². The topological polar surface area (TPSA) is 29.9 Å². The molecule has 1 aliphatic rings. The highest BCUT2D eigenvalue weighted by Gasteiger charge is 2.16. The Balaban J connectivity index is 1.99. The molecule has 0 bridgehead atoms. The lowest BCUT2D eigenvalue weighted by atomic mass is 10.2. The van der Waals surface area contributed by atoms with Gasteiger partial charge < -0.3 is 9.88 Å². The zero-order valence-electron chi connectivity index (χ0n) is 9.35. The Morgan fingerprint density at radius 2 is 2.12 bits per heavy atom. The average Bonchev–Trinajstić information content (AvgIpc) is 2.73. The van der Waals surface area contributed by atoms with E-state index in [4.69, 9.17) is 0 Å². The van der Waals surface area contributed by atoms with Crippen molar-refractivity contribution in [1.82, 2.24) is 9.55 Å². The summed E-state index contributed by atoms with van der Waals surface area (Å²) >= 11 is 0. The summed E-state index contributed by atoms with van der Waals surface area (Å²) in [6.07, 6.45) is 3.29. The molecule has 0 saturated heterocycles. The van der Waals surface area contributed by atoms with Gasteiger partial charge in [-0.1, -0.05) is 30.3 Å². The molecular weight excluding hydrogens is 198 g/mol. The van der Waals surface area contributed by atoms with E-state index in [0.29, 0.717) is 6.04 Å². The van der Waals surface area contributed by atoms with Gasteiger partial charge in [0.1, 0.15) is 0 Å². The van der Waals surface area contributed by atoms with E-state index in [0.717, 1.165) is 24.6 Å². The molecule has 0 aliphatic carbocycles. The molecule has 1 aromatic heterocycles. The summed E-state index contributed by atoms with van der Waals surface area (Å²) in [4.78, 5) is 4.62. The van der Waals surface area contributed by atoms with Gasteiger partial charge in [0.15, 0.2) is 0 Å². The highest BCUT2D eigenvalue weighted by Crippen LogP contribution is 2.24. The van der Waals surface area contributed by atoms with Crippen LogP contribution in [0.15, 0.2) is 36.5 Å². The molecule has 0 spiro atoms. The van der Waals surface area contributed by atoms with Gasteiger partial charge in [-0.15, -0.1) is 0 Å². The minimum atomic E-state index is 0.526. The smallest absolute Gasteiger partial charge is 0.203 e. The van der Waals surface area contributed by atoms with Gasteiger partial charge in [0.05, 0.1) is 5.69 Å². The fraction of sp³-hybridized carbons (Fsp3) is 0.308. The van der Waals surface area contributed by atoms with E-state index in [1.807, 2.05) is 18.2 Å². The standard InChI is InChI=1S/C13H15N3/c1-10-7-8-16-9-12(15-13(16)14-10)11-5-3-2-4-6-11/h2-6,9-10H,7-8H2,1H3,(H,14,15). The molecular formula is C13H15N3. The number of hydrogen-bond donors (Lipinski definition) is 1. The van der Waals surface area contributed by atoms with E-state index >= 15 is 0 Å². The number of aromatic nitrogens is 2. The Bertz CT molecular complexity index is 487. The summed E-state index contributed by atoms with van der Waals surface area (Å²) in [5.41, 5.74) is 2.23. The monoisotopic (exact) mass is 213 g/mol. The minimum Gasteiger partial charge on any atom is -0.353 e. The summed E-state index contributed by atoms with van der Waals surface area (Å²) < 4.78 is 2.20. The van der Waals surface area contributed by atoms with Crippen LogP contribution < -0.4 is 5.32 Å². The number of anilines is 1. The summed E-state index contributed by atoms with van der Waals surface area (Å²) in [7, 11) is 0. The van der Waals surface area contributed by atoms with E-state index in [-0.39, 0.29) is 0 Å². The fourth-order valence-electron chi connectivity index (χ4n) is 2.07. The third kappa shape index (κ3) is 1.58. The van der Waals surface area contributed by atoms with Crippen molar-refractivity contribution in [3.8, 4) is 11.3 Å². The van der Waals surface area contributed by atoms with Crippen molar-refractivity contribution in [2.75, 3.05) is 5.32 Å². The minimum absolute atomic E-state index is 0.526. The summed E-state index contributed by atoms with van der Waals surface area (Å²) in [5.74, 6) is 0.998. The first-order valence-corrected chi connectivity index (χ1v) is 5.72. The van der Waals surface area contributed by atoms with Crippen LogP contribution in [0.2, 0.25) is 0 Å². The highest BCUT2D eigenvalue weighted by atomic mass is 15.2. The van der Waals surface area contributed by atoms with Crippen LogP contribution in [0.25, 0.3) is 11.3 Å². The molecule has 0 radical (unpaired) electrons. The van der Waals surface area contributed by atoms with Crippen molar-refractivity contribution in [2.45, 2.75) is 25.9 Å². The van der Waals surface area contributed by atoms with Crippen LogP contribution in [0.3, 0.4) is 0 Å². The van der Waals surface area contributed by atoms with E-state index in [1.54, 1.807) is 0 Å². The van der Waals surface area contributed by atoms with Crippen LogP contribution in [-0.4, -0.2) is 15.6 Å². The molecule has 3 rings (SSSR count). The Labute approximate surface area is 95.1 Å². The molecule has 1 aromatic carbocycles. The largest absolute Gasteiger partial charge is 0.353 e. The maximum atomic E-state index is 4.62. The van der Waals surface area contributed by atoms with Gasteiger partial charge in [0.2, 0.25) is 5.95 Å². The number of nitrogens with one attached hydrogen (secondary N) is 1. The molecule has 2 aromatic rings. The molecule has 0 fully saturated rings. The molecule has 3 nitrogen and oxygen atoms in total. The van der Waals surface area contributed by atoms with E-state index in [1.165, 1.54) is 5.56 Å². The lowest BCUT2D eigenvalue weighted by Crippen LogP contribution is -2.25. The van der Waals surface area contributed by atoms with E-state index < -0.39 is 0 Å². The van der Waals surface area contributed by atoms with Crippen molar-refractivity contribution in [2.24, 2.45) is 0 Å². The predicted molar refractivity (Wildman–Crippen MR) is 65.4 cm³/mol. The summed E-state index contributed by atoms with van der Waals surface area (Å²) in [5, 5.41) is 3.40. The predicted octanol–water partition coefficient (Wildman–Crippen LogP) is 2.75. The zero-order valence-corrected chi connectivity index (χ0v) is 9.35. The summed E-state index contributed by atoms with van der Waals surface area (Å²) in [6.45, 7) is 3.25. The van der Waals surface area contributed by atoms with Gasteiger partial charge in [-0.2, -0.15) is 0 Å². The Morgan fingerprint density at radius 1 is 1.31 bits per heavy atom. The second-order valence-corrected chi connectivity index (χ2v) is 4.34.